The Balaban J connectivity index is 1.77. The summed E-state index contributed by atoms with van der Waals surface area (Å²) in [5.74, 6) is 0.420. The van der Waals surface area contributed by atoms with Crippen LogP contribution in [0.15, 0.2) is 24.3 Å². The monoisotopic (exact) mass is 310 g/mol. The second-order valence-electron chi connectivity index (χ2n) is 5.93. The van der Waals surface area contributed by atoms with Crippen molar-refractivity contribution in [1.29, 1.82) is 0 Å². The summed E-state index contributed by atoms with van der Waals surface area (Å²) < 4.78 is 24.8. The number of rotatable bonds is 6. The molecule has 1 unspecified atom stereocenters. The molecule has 0 aliphatic carbocycles. The Hall–Kier alpha value is -0.910. The fourth-order valence-corrected chi connectivity index (χ4v) is 3.75. The van der Waals surface area contributed by atoms with E-state index in [1.807, 2.05) is 0 Å². The maximum absolute atomic E-state index is 11.6. The largest absolute Gasteiger partial charge is 0.312 e. The van der Waals surface area contributed by atoms with Crippen LogP contribution >= 0.6 is 0 Å². The van der Waals surface area contributed by atoms with Gasteiger partial charge in [0.2, 0.25) is 10.0 Å². The summed E-state index contributed by atoms with van der Waals surface area (Å²) in [5, 5.41) is 3.46. The van der Waals surface area contributed by atoms with Crippen molar-refractivity contribution in [1.82, 2.24) is 9.62 Å². The summed E-state index contributed by atoms with van der Waals surface area (Å²) in [4.78, 5) is 0. The van der Waals surface area contributed by atoms with Gasteiger partial charge in [-0.1, -0.05) is 31.2 Å². The van der Waals surface area contributed by atoms with Gasteiger partial charge in [0, 0.05) is 19.6 Å². The van der Waals surface area contributed by atoms with Gasteiger partial charge in [0.25, 0.3) is 0 Å². The van der Waals surface area contributed by atoms with Gasteiger partial charge in [-0.2, -0.15) is 0 Å². The van der Waals surface area contributed by atoms with Gasteiger partial charge in [0.15, 0.2) is 0 Å². The van der Waals surface area contributed by atoms with Crippen molar-refractivity contribution in [3.63, 3.8) is 0 Å². The van der Waals surface area contributed by atoms with Gasteiger partial charge in [0.1, 0.15) is 0 Å². The average molecular weight is 310 g/mol. The van der Waals surface area contributed by atoms with Gasteiger partial charge < -0.3 is 5.32 Å². The zero-order chi connectivity index (χ0) is 15.3. The molecule has 1 heterocycles. The molecule has 0 saturated carbocycles. The van der Waals surface area contributed by atoms with Gasteiger partial charge in [-0.15, -0.1) is 0 Å². The smallest absolute Gasteiger partial charge is 0.211 e. The molecule has 4 nitrogen and oxygen atoms in total. The summed E-state index contributed by atoms with van der Waals surface area (Å²) in [6.45, 7) is 5.21. The van der Waals surface area contributed by atoms with E-state index in [4.69, 9.17) is 0 Å². The summed E-state index contributed by atoms with van der Waals surface area (Å²) in [7, 11) is -3.04. The highest BCUT2D eigenvalue weighted by molar-refractivity contribution is 7.88. The Morgan fingerprint density at radius 3 is 2.52 bits per heavy atom. The lowest BCUT2D eigenvalue weighted by Gasteiger charge is -2.31. The van der Waals surface area contributed by atoms with Crippen molar-refractivity contribution < 1.29 is 8.42 Å². The van der Waals surface area contributed by atoms with E-state index in [-0.39, 0.29) is 0 Å². The lowest BCUT2D eigenvalue weighted by molar-refractivity contribution is 0.261. The summed E-state index contributed by atoms with van der Waals surface area (Å²) in [6, 6.07) is 8.66. The standard InChI is InChI=1S/C16H26N2O2S/c1-3-14-6-8-15(9-7-14)11-17-12-16-5-4-10-18(13-16)21(2,19)20/h6-9,16-17H,3-5,10-13H2,1-2H3. The van der Waals surface area contributed by atoms with Crippen molar-refractivity contribution in [2.75, 3.05) is 25.9 Å². The molecule has 2 rings (SSSR count). The van der Waals surface area contributed by atoms with Crippen LogP contribution in [0.1, 0.15) is 30.9 Å². The molecule has 1 aromatic rings. The molecule has 1 fully saturated rings. The van der Waals surface area contributed by atoms with E-state index < -0.39 is 10.0 Å². The minimum atomic E-state index is -3.04. The van der Waals surface area contributed by atoms with Crippen LogP contribution in [0.2, 0.25) is 0 Å². The molecule has 1 N–H and O–H groups in total. The molecule has 1 aromatic carbocycles. The predicted molar refractivity (Wildman–Crippen MR) is 86.7 cm³/mol. The highest BCUT2D eigenvalue weighted by atomic mass is 32.2. The number of sulfonamides is 1. The van der Waals surface area contributed by atoms with Crippen molar-refractivity contribution in [3.8, 4) is 0 Å². The highest BCUT2D eigenvalue weighted by Crippen LogP contribution is 2.18. The molecule has 0 spiro atoms. The van der Waals surface area contributed by atoms with Gasteiger partial charge >= 0.3 is 0 Å². The third-order valence-corrected chi connectivity index (χ3v) is 5.41. The van der Waals surface area contributed by atoms with Crippen LogP contribution in [-0.2, 0) is 23.0 Å². The molecular formula is C16H26N2O2S. The molecule has 1 atom stereocenters. The Morgan fingerprint density at radius 2 is 1.90 bits per heavy atom. The number of aryl methyl sites for hydroxylation is 1. The van der Waals surface area contributed by atoms with Crippen LogP contribution in [0.5, 0.6) is 0 Å². The van der Waals surface area contributed by atoms with Gasteiger partial charge in [-0.05, 0) is 42.9 Å². The number of hydrogen-bond acceptors (Lipinski definition) is 3. The topological polar surface area (TPSA) is 49.4 Å². The lowest BCUT2D eigenvalue weighted by atomic mass is 9.99. The molecule has 1 aliphatic heterocycles. The maximum Gasteiger partial charge on any atom is 0.211 e. The highest BCUT2D eigenvalue weighted by Gasteiger charge is 2.25. The molecule has 118 valence electrons. The first-order chi connectivity index (χ1) is 9.99. The molecule has 1 saturated heterocycles. The normalized spacial score (nSPS) is 20.6. The van der Waals surface area contributed by atoms with Crippen LogP contribution in [0, 0.1) is 5.92 Å². The second kappa shape index (κ2) is 7.38. The molecule has 0 radical (unpaired) electrons. The first-order valence-corrected chi connectivity index (χ1v) is 9.57. The molecule has 0 bridgehead atoms. The molecule has 1 aliphatic rings. The van der Waals surface area contributed by atoms with Crippen molar-refractivity contribution in [2.24, 2.45) is 5.92 Å². The van der Waals surface area contributed by atoms with Crippen molar-refractivity contribution in [2.45, 2.75) is 32.7 Å². The molecule has 21 heavy (non-hydrogen) atoms. The average Bonchev–Trinajstić information content (AvgIpc) is 2.47. The Kier molecular flexibility index (Phi) is 5.79. The van der Waals surface area contributed by atoms with E-state index in [1.54, 1.807) is 4.31 Å². The fourth-order valence-electron chi connectivity index (χ4n) is 2.81. The van der Waals surface area contributed by atoms with E-state index in [0.29, 0.717) is 19.0 Å². The Bertz CT molecular complexity index is 540. The maximum atomic E-state index is 11.6. The van der Waals surface area contributed by atoms with Crippen LogP contribution < -0.4 is 5.32 Å². The number of hydrogen-bond donors (Lipinski definition) is 1. The summed E-state index contributed by atoms with van der Waals surface area (Å²) >= 11 is 0. The second-order valence-corrected chi connectivity index (χ2v) is 7.91. The first-order valence-electron chi connectivity index (χ1n) is 7.72. The minimum Gasteiger partial charge on any atom is -0.312 e. The Morgan fingerprint density at radius 1 is 1.24 bits per heavy atom. The fraction of sp³-hybridized carbons (Fsp3) is 0.625. The number of nitrogens with zero attached hydrogens (tertiary/aromatic N) is 1. The molecule has 0 amide bonds. The third-order valence-electron chi connectivity index (χ3n) is 4.14. The molecule has 0 aromatic heterocycles. The number of piperidine rings is 1. The first kappa shape index (κ1) is 16.5. The van der Waals surface area contributed by atoms with Crippen LogP contribution in [0.4, 0.5) is 0 Å². The van der Waals surface area contributed by atoms with Crippen LogP contribution in [0.3, 0.4) is 0 Å². The summed E-state index contributed by atoms with van der Waals surface area (Å²) in [5.41, 5.74) is 2.64. The van der Waals surface area contributed by atoms with E-state index in [2.05, 4.69) is 36.5 Å². The molecule has 5 heteroatoms. The van der Waals surface area contributed by atoms with E-state index >= 15 is 0 Å². The summed E-state index contributed by atoms with van der Waals surface area (Å²) in [6.07, 6.45) is 4.44. The van der Waals surface area contributed by atoms with Crippen LogP contribution in [0.25, 0.3) is 0 Å². The van der Waals surface area contributed by atoms with Crippen LogP contribution in [-0.4, -0.2) is 38.6 Å². The van der Waals surface area contributed by atoms with Gasteiger partial charge in [0.05, 0.1) is 6.26 Å². The van der Waals surface area contributed by atoms with Crippen molar-refractivity contribution in [3.05, 3.63) is 35.4 Å². The van der Waals surface area contributed by atoms with Crippen molar-refractivity contribution >= 4 is 10.0 Å². The minimum absolute atomic E-state index is 0.420. The SMILES string of the molecule is CCc1ccc(CNCC2CCCN(S(C)(=O)=O)C2)cc1. The van der Waals surface area contributed by atoms with E-state index in [0.717, 1.165) is 32.4 Å². The van der Waals surface area contributed by atoms with E-state index in [1.165, 1.54) is 17.4 Å². The zero-order valence-corrected chi connectivity index (χ0v) is 13.8. The quantitative estimate of drug-likeness (QED) is 0.874. The third kappa shape index (κ3) is 5.09. The lowest BCUT2D eigenvalue weighted by Crippen LogP contribution is -2.42. The van der Waals surface area contributed by atoms with E-state index in [9.17, 15) is 8.42 Å². The van der Waals surface area contributed by atoms with Gasteiger partial charge in [-0.25, -0.2) is 12.7 Å². The van der Waals surface area contributed by atoms with Gasteiger partial charge in [-0.3, -0.25) is 0 Å². The zero-order valence-electron chi connectivity index (χ0n) is 13.0. The predicted octanol–water partition coefficient (Wildman–Crippen LogP) is 2.01. The molecular weight excluding hydrogens is 284 g/mol. The number of nitrogens with one attached hydrogen (secondary N) is 1. The Labute approximate surface area is 128 Å². The number of benzene rings is 1.